The summed E-state index contributed by atoms with van der Waals surface area (Å²) in [4.78, 5) is 10.8. The third-order valence-corrected chi connectivity index (χ3v) is 2.96. The molecule has 0 spiro atoms. The lowest BCUT2D eigenvalue weighted by Crippen LogP contribution is -2.15. The van der Waals surface area contributed by atoms with E-state index >= 15 is 0 Å². The standard InChI is InChI=1S/C19H34O9/c1-3-19(20)28-18-17-27-16-15-26-14-13-25-12-11-24-10-9-23-8-7-22-6-5-21-4-2/h3-4H,1-2,5-18H2. The van der Waals surface area contributed by atoms with Gasteiger partial charge in [0, 0.05) is 6.08 Å². The zero-order chi connectivity index (χ0) is 20.5. The summed E-state index contributed by atoms with van der Waals surface area (Å²) in [5.74, 6) is -0.454. The second-order valence-electron chi connectivity index (χ2n) is 5.08. The molecule has 0 aromatic rings. The molecular weight excluding hydrogens is 372 g/mol. The minimum Gasteiger partial charge on any atom is -0.499 e. The van der Waals surface area contributed by atoms with Crippen LogP contribution >= 0.6 is 0 Å². The van der Waals surface area contributed by atoms with Crippen LogP contribution in [0.3, 0.4) is 0 Å². The summed E-state index contributed by atoms with van der Waals surface area (Å²) in [6.07, 6.45) is 2.50. The van der Waals surface area contributed by atoms with Gasteiger partial charge in [-0.3, -0.25) is 0 Å². The van der Waals surface area contributed by atoms with E-state index in [4.69, 9.17) is 37.9 Å². The Bertz CT molecular complexity index is 363. The molecule has 0 saturated carbocycles. The monoisotopic (exact) mass is 406 g/mol. The molecule has 164 valence electrons. The summed E-state index contributed by atoms with van der Waals surface area (Å²) in [5.41, 5.74) is 0. The predicted octanol–water partition coefficient (Wildman–Crippen LogP) is 0.975. The first-order valence-corrected chi connectivity index (χ1v) is 9.29. The molecule has 0 heterocycles. The molecule has 0 amide bonds. The lowest BCUT2D eigenvalue weighted by molar-refractivity contribution is -0.139. The van der Waals surface area contributed by atoms with E-state index in [1.807, 2.05) is 0 Å². The molecule has 0 saturated heterocycles. The highest BCUT2D eigenvalue weighted by molar-refractivity contribution is 5.81. The third kappa shape index (κ3) is 22.6. The van der Waals surface area contributed by atoms with E-state index in [-0.39, 0.29) is 6.61 Å². The first-order chi connectivity index (χ1) is 13.8. The lowest BCUT2D eigenvalue weighted by atomic mass is 10.6. The van der Waals surface area contributed by atoms with Crippen molar-refractivity contribution >= 4 is 5.97 Å². The van der Waals surface area contributed by atoms with Crippen LogP contribution in [0, 0.1) is 0 Å². The highest BCUT2D eigenvalue weighted by atomic mass is 16.6. The largest absolute Gasteiger partial charge is 0.499 e. The predicted molar refractivity (Wildman–Crippen MR) is 102 cm³/mol. The fourth-order valence-corrected chi connectivity index (χ4v) is 1.65. The molecule has 0 aliphatic heterocycles. The van der Waals surface area contributed by atoms with Crippen molar-refractivity contribution in [3.05, 3.63) is 25.5 Å². The van der Waals surface area contributed by atoms with E-state index in [1.54, 1.807) is 0 Å². The Morgan fingerprint density at radius 1 is 0.536 bits per heavy atom. The van der Waals surface area contributed by atoms with Crippen LogP contribution in [-0.4, -0.2) is 98.5 Å². The van der Waals surface area contributed by atoms with Gasteiger partial charge in [0.2, 0.25) is 0 Å². The van der Waals surface area contributed by atoms with Gasteiger partial charge in [-0.05, 0) is 0 Å². The Morgan fingerprint density at radius 2 is 0.857 bits per heavy atom. The molecule has 0 aromatic heterocycles. The average Bonchev–Trinajstić information content (AvgIpc) is 2.71. The normalized spacial score (nSPS) is 10.6. The van der Waals surface area contributed by atoms with Gasteiger partial charge in [-0.15, -0.1) is 0 Å². The maximum absolute atomic E-state index is 10.8. The first-order valence-electron chi connectivity index (χ1n) is 9.29. The topological polar surface area (TPSA) is 90.9 Å². The Morgan fingerprint density at radius 3 is 1.18 bits per heavy atom. The molecule has 0 atom stereocenters. The zero-order valence-corrected chi connectivity index (χ0v) is 16.6. The van der Waals surface area contributed by atoms with Crippen molar-refractivity contribution in [3.63, 3.8) is 0 Å². The summed E-state index contributed by atoms with van der Waals surface area (Å²) in [6, 6.07) is 0. The van der Waals surface area contributed by atoms with E-state index in [0.29, 0.717) is 85.9 Å². The lowest BCUT2D eigenvalue weighted by Gasteiger charge is -2.08. The quantitative estimate of drug-likeness (QED) is 0.107. The Kier molecular flexibility index (Phi) is 22.3. The van der Waals surface area contributed by atoms with Crippen molar-refractivity contribution in [1.29, 1.82) is 0 Å². The van der Waals surface area contributed by atoms with E-state index in [1.165, 1.54) is 6.26 Å². The molecular formula is C19H34O9. The highest BCUT2D eigenvalue weighted by Gasteiger charge is 1.96. The van der Waals surface area contributed by atoms with Gasteiger partial charge in [0.05, 0.1) is 85.5 Å². The number of rotatable bonds is 23. The van der Waals surface area contributed by atoms with Gasteiger partial charge in [-0.1, -0.05) is 13.2 Å². The van der Waals surface area contributed by atoms with E-state index < -0.39 is 5.97 Å². The number of hydrogen-bond donors (Lipinski definition) is 0. The fraction of sp³-hybridized carbons (Fsp3) is 0.737. The number of ether oxygens (including phenoxy) is 8. The first kappa shape index (κ1) is 26.5. The summed E-state index contributed by atoms with van der Waals surface area (Å²) >= 11 is 0. The number of carbonyl (C=O) groups excluding carboxylic acids is 1. The van der Waals surface area contributed by atoms with Gasteiger partial charge in [0.25, 0.3) is 0 Å². The summed E-state index contributed by atoms with van der Waals surface area (Å²) < 4.78 is 41.6. The van der Waals surface area contributed by atoms with Gasteiger partial charge in [-0.25, -0.2) is 4.79 Å². The van der Waals surface area contributed by atoms with Crippen molar-refractivity contribution < 1.29 is 42.7 Å². The summed E-state index contributed by atoms with van der Waals surface area (Å²) in [5, 5.41) is 0. The van der Waals surface area contributed by atoms with Crippen LogP contribution in [0.25, 0.3) is 0 Å². The summed E-state index contributed by atoms with van der Waals surface area (Å²) in [6.45, 7) is 13.2. The second kappa shape index (κ2) is 23.5. The van der Waals surface area contributed by atoms with E-state index in [0.717, 1.165) is 6.08 Å². The molecule has 0 rings (SSSR count). The minimum atomic E-state index is -0.454. The van der Waals surface area contributed by atoms with Crippen LogP contribution in [0.15, 0.2) is 25.5 Å². The van der Waals surface area contributed by atoms with Crippen molar-refractivity contribution in [2.45, 2.75) is 0 Å². The SMILES string of the molecule is C=COCCOCCOCCOCCOCCOCCOCCOC(=O)C=C. The maximum Gasteiger partial charge on any atom is 0.330 e. The van der Waals surface area contributed by atoms with E-state index in [9.17, 15) is 4.79 Å². The van der Waals surface area contributed by atoms with Crippen LogP contribution in [0.4, 0.5) is 0 Å². The van der Waals surface area contributed by atoms with Gasteiger partial charge >= 0.3 is 5.97 Å². The van der Waals surface area contributed by atoms with Crippen LogP contribution in [-0.2, 0) is 42.7 Å². The van der Waals surface area contributed by atoms with Crippen LogP contribution in [0.5, 0.6) is 0 Å². The molecule has 9 heteroatoms. The Balaban J connectivity index is 3.02. The number of esters is 1. The minimum absolute atomic E-state index is 0.207. The molecule has 0 N–H and O–H groups in total. The Hall–Kier alpha value is -1.49. The zero-order valence-electron chi connectivity index (χ0n) is 16.6. The molecule has 0 radical (unpaired) electrons. The number of carbonyl (C=O) groups is 1. The average molecular weight is 406 g/mol. The van der Waals surface area contributed by atoms with Crippen LogP contribution < -0.4 is 0 Å². The third-order valence-electron chi connectivity index (χ3n) is 2.96. The highest BCUT2D eigenvalue weighted by Crippen LogP contribution is 1.86. The van der Waals surface area contributed by atoms with Crippen molar-refractivity contribution in [3.8, 4) is 0 Å². The fourth-order valence-electron chi connectivity index (χ4n) is 1.65. The molecule has 9 nitrogen and oxygen atoms in total. The second-order valence-corrected chi connectivity index (χ2v) is 5.08. The summed E-state index contributed by atoms with van der Waals surface area (Å²) in [7, 11) is 0. The van der Waals surface area contributed by atoms with Crippen LogP contribution in [0.2, 0.25) is 0 Å². The molecule has 0 bridgehead atoms. The molecule has 0 fully saturated rings. The van der Waals surface area contributed by atoms with Gasteiger partial charge < -0.3 is 37.9 Å². The van der Waals surface area contributed by atoms with Crippen molar-refractivity contribution in [1.82, 2.24) is 0 Å². The Labute approximate surface area is 167 Å². The number of hydrogen-bond acceptors (Lipinski definition) is 9. The molecule has 0 aliphatic rings. The van der Waals surface area contributed by atoms with Gasteiger partial charge in [0.1, 0.15) is 13.2 Å². The van der Waals surface area contributed by atoms with Crippen LogP contribution in [0.1, 0.15) is 0 Å². The van der Waals surface area contributed by atoms with E-state index in [2.05, 4.69) is 13.2 Å². The van der Waals surface area contributed by atoms with Gasteiger partial charge in [-0.2, -0.15) is 0 Å². The van der Waals surface area contributed by atoms with Gasteiger partial charge in [0.15, 0.2) is 0 Å². The van der Waals surface area contributed by atoms with Crippen molar-refractivity contribution in [2.24, 2.45) is 0 Å². The smallest absolute Gasteiger partial charge is 0.330 e. The maximum atomic E-state index is 10.8. The molecule has 28 heavy (non-hydrogen) atoms. The molecule has 0 aromatic carbocycles. The molecule has 0 aliphatic carbocycles. The van der Waals surface area contributed by atoms with Crippen molar-refractivity contribution in [2.75, 3.05) is 92.5 Å². The molecule has 0 unspecified atom stereocenters.